The average Bonchev–Trinajstić information content (AvgIpc) is 2.56. The van der Waals surface area contributed by atoms with Gasteiger partial charge in [0.15, 0.2) is 0 Å². The Bertz CT molecular complexity index is 584. The molecule has 1 aromatic rings. The van der Waals surface area contributed by atoms with Gasteiger partial charge < -0.3 is 15.4 Å². The van der Waals surface area contributed by atoms with Gasteiger partial charge in [-0.1, -0.05) is 0 Å². The predicted octanol–water partition coefficient (Wildman–Crippen LogP) is 3.23. The molecule has 1 fully saturated rings. The van der Waals surface area contributed by atoms with Gasteiger partial charge in [0.1, 0.15) is 0 Å². The van der Waals surface area contributed by atoms with Crippen LogP contribution >= 0.6 is 12.4 Å². The summed E-state index contributed by atoms with van der Waals surface area (Å²) in [5.74, 6) is 0.256. The SMILES string of the molecule is COC(=O)c1cc(NC(=O)CCC2CCNCC2)cc(C)c1C.Cl. The lowest BCUT2D eigenvalue weighted by Gasteiger charge is -2.22. The first kappa shape index (κ1) is 20.5. The lowest BCUT2D eigenvalue weighted by Crippen LogP contribution is -2.28. The largest absolute Gasteiger partial charge is 0.465 e. The number of aryl methyl sites for hydroxylation is 1. The second-order valence-electron chi connectivity index (χ2n) is 6.24. The minimum Gasteiger partial charge on any atom is -0.465 e. The van der Waals surface area contributed by atoms with Crippen LogP contribution in [0, 0.1) is 19.8 Å². The molecule has 0 bridgehead atoms. The number of hydrogen-bond acceptors (Lipinski definition) is 4. The third kappa shape index (κ3) is 5.49. The van der Waals surface area contributed by atoms with E-state index in [1.54, 1.807) is 6.07 Å². The summed E-state index contributed by atoms with van der Waals surface area (Å²) in [7, 11) is 1.36. The van der Waals surface area contributed by atoms with Crippen LogP contribution in [0.15, 0.2) is 12.1 Å². The van der Waals surface area contributed by atoms with E-state index in [4.69, 9.17) is 4.74 Å². The molecule has 1 aliphatic rings. The highest BCUT2D eigenvalue weighted by Crippen LogP contribution is 2.22. The van der Waals surface area contributed by atoms with Crippen molar-refractivity contribution >= 4 is 30.0 Å². The quantitative estimate of drug-likeness (QED) is 0.796. The van der Waals surface area contributed by atoms with Crippen LogP contribution in [0.4, 0.5) is 5.69 Å². The second kappa shape index (κ2) is 9.64. The fraction of sp³-hybridized carbons (Fsp3) is 0.556. The molecule has 1 amide bonds. The van der Waals surface area contributed by atoms with E-state index in [9.17, 15) is 9.59 Å². The number of methoxy groups -OCH3 is 1. The molecular formula is C18H27ClN2O3. The fourth-order valence-corrected chi connectivity index (χ4v) is 2.98. The molecule has 5 nitrogen and oxygen atoms in total. The normalized spacial score (nSPS) is 14.6. The molecule has 2 rings (SSSR count). The molecule has 1 aromatic carbocycles. The molecule has 1 saturated heterocycles. The average molecular weight is 355 g/mol. The monoisotopic (exact) mass is 354 g/mol. The van der Waals surface area contributed by atoms with Crippen molar-refractivity contribution in [3.63, 3.8) is 0 Å². The molecule has 0 atom stereocenters. The Labute approximate surface area is 149 Å². The molecule has 0 radical (unpaired) electrons. The van der Waals surface area contributed by atoms with Gasteiger partial charge in [0.25, 0.3) is 0 Å². The standard InChI is InChI=1S/C18H26N2O3.ClH/c1-12-10-15(11-16(13(12)2)18(22)23-3)20-17(21)5-4-14-6-8-19-9-7-14;/h10-11,14,19H,4-9H2,1-3H3,(H,20,21);1H. The van der Waals surface area contributed by atoms with Crippen molar-refractivity contribution in [2.75, 3.05) is 25.5 Å². The van der Waals surface area contributed by atoms with Gasteiger partial charge in [0.05, 0.1) is 12.7 Å². The molecule has 0 aromatic heterocycles. The molecule has 24 heavy (non-hydrogen) atoms. The number of carbonyl (C=O) groups is 2. The lowest BCUT2D eigenvalue weighted by atomic mass is 9.93. The van der Waals surface area contributed by atoms with Crippen molar-refractivity contribution in [2.24, 2.45) is 5.92 Å². The summed E-state index contributed by atoms with van der Waals surface area (Å²) in [4.78, 5) is 24.0. The smallest absolute Gasteiger partial charge is 0.338 e. The Kier molecular flexibility index (Phi) is 8.22. The first-order valence-electron chi connectivity index (χ1n) is 8.21. The summed E-state index contributed by atoms with van der Waals surface area (Å²) >= 11 is 0. The summed E-state index contributed by atoms with van der Waals surface area (Å²) in [6, 6.07) is 3.58. The van der Waals surface area contributed by atoms with Gasteiger partial charge in [-0.3, -0.25) is 4.79 Å². The van der Waals surface area contributed by atoms with Crippen LogP contribution in [-0.4, -0.2) is 32.1 Å². The maximum absolute atomic E-state index is 12.2. The summed E-state index contributed by atoms with van der Waals surface area (Å²) in [6.45, 7) is 5.90. The Hall–Kier alpha value is -1.59. The minimum absolute atomic E-state index is 0. The number of carbonyl (C=O) groups excluding carboxylic acids is 2. The van der Waals surface area contributed by atoms with E-state index < -0.39 is 0 Å². The van der Waals surface area contributed by atoms with Gasteiger partial charge in [0, 0.05) is 12.1 Å². The number of rotatable bonds is 5. The van der Waals surface area contributed by atoms with Crippen LogP contribution in [0.2, 0.25) is 0 Å². The highest BCUT2D eigenvalue weighted by Gasteiger charge is 2.16. The van der Waals surface area contributed by atoms with E-state index in [0.29, 0.717) is 23.6 Å². The molecule has 0 saturated carbocycles. The van der Waals surface area contributed by atoms with E-state index in [-0.39, 0.29) is 24.3 Å². The summed E-state index contributed by atoms with van der Waals surface area (Å²) in [5, 5.41) is 6.24. The van der Waals surface area contributed by atoms with Crippen molar-refractivity contribution in [3.8, 4) is 0 Å². The predicted molar refractivity (Wildman–Crippen MR) is 98.0 cm³/mol. The molecular weight excluding hydrogens is 328 g/mol. The highest BCUT2D eigenvalue weighted by molar-refractivity contribution is 5.96. The van der Waals surface area contributed by atoms with Gasteiger partial charge in [0.2, 0.25) is 5.91 Å². The Morgan fingerprint density at radius 1 is 1.25 bits per heavy atom. The minimum atomic E-state index is -0.378. The number of anilines is 1. The number of amides is 1. The van der Waals surface area contributed by atoms with Gasteiger partial charge in [-0.15, -0.1) is 12.4 Å². The van der Waals surface area contributed by atoms with E-state index in [1.165, 1.54) is 7.11 Å². The molecule has 2 N–H and O–H groups in total. The number of halogens is 1. The number of ether oxygens (including phenoxy) is 1. The molecule has 6 heteroatoms. The van der Waals surface area contributed by atoms with Crippen LogP contribution in [0.5, 0.6) is 0 Å². The topological polar surface area (TPSA) is 67.4 Å². The Morgan fingerprint density at radius 2 is 1.92 bits per heavy atom. The summed E-state index contributed by atoms with van der Waals surface area (Å²) < 4.78 is 4.80. The van der Waals surface area contributed by atoms with Crippen LogP contribution < -0.4 is 10.6 Å². The first-order chi connectivity index (χ1) is 11.0. The van der Waals surface area contributed by atoms with Crippen LogP contribution in [-0.2, 0) is 9.53 Å². The van der Waals surface area contributed by atoms with Crippen molar-refractivity contribution in [2.45, 2.75) is 39.5 Å². The van der Waals surface area contributed by atoms with Crippen molar-refractivity contribution in [3.05, 3.63) is 28.8 Å². The van der Waals surface area contributed by atoms with Gasteiger partial charge in [-0.2, -0.15) is 0 Å². The van der Waals surface area contributed by atoms with Crippen LogP contribution in [0.25, 0.3) is 0 Å². The maximum atomic E-state index is 12.2. The van der Waals surface area contributed by atoms with Gasteiger partial charge in [-0.05, 0) is 75.4 Å². The third-order valence-corrected chi connectivity index (χ3v) is 4.59. The van der Waals surface area contributed by atoms with Crippen molar-refractivity contribution < 1.29 is 14.3 Å². The van der Waals surface area contributed by atoms with Crippen LogP contribution in [0.3, 0.4) is 0 Å². The van der Waals surface area contributed by atoms with E-state index in [1.807, 2.05) is 19.9 Å². The van der Waals surface area contributed by atoms with Crippen molar-refractivity contribution in [1.29, 1.82) is 0 Å². The first-order valence-corrected chi connectivity index (χ1v) is 8.21. The molecule has 1 heterocycles. The number of piperidine rings is 1. The van der Waals surface area contributed by atoms with E-state index in [2.05, 4.69) is 10.6 Å². The third-order valence-electron chi connectivity index (χ3n) is 4.59. The second-order valence-corrected chi connectivity index (χ2v) is 6.24. The maximum Gasteiger partial charge on any atom is 0.338 e. The number of esters is 1. The highest BCUT2D eigenvalue weighted by atomic mass is 35.5. The molecule has 0 aliphatic carbocycles. The van der Waals surface area contributed by atoms with Gasteiger partial charge >= 0.3 is 5.97 Å². The zero-order chi connectivity index (χ0) is 16.8. The Morgan fingerprint density at radius 3 is 2.54 bits per heavy atom. The zero-order valence-corrected chi connectivity index (χ0v) is 15.4. The lowest BCUT2D eigenvalue weighted by molar-refractivity contribution is -0.116. The fourth-order valence-electron chi connectivity index (χ4n) is 2.98. The number of benzene rings is 1. The zero-order valence-electron chi connectivity index (χ0n) is 14.6. The number of hydrogen-bond donors (Lipinski definition) is 2. The number of nitrogens with one attached hydrogen (secondary N) is 2. The Balaban J connectivity index is 0.00000288. The summed E-state index contributed by atoms with van der Waals surface area (Å²) in [6.07, 6.45) is 3.72. The molecule has 0 unspecified atom stereocenters. The van der Waals surface area contributed by atoms with E-state index in [0.717, 1.165) is 43.5 Å². The summed E-state index contributed by atoms with van der Waals surface area (Å²) in [5.41, 5.74) is 3.00. The molecule has 134 valence electrons. The molecule has 0 spiro atoms. The van der Waals surface area contributed by atoms with E-state index >= 15 is 0 Å². The van der Waals surface area contributed by atoms with Gasteiger partial charge in [-0.25, -0.2) is 4.79 Å². The molecule has 1 aliphatic heterocycles. The van der Waals surface area contributed by atoms with Crippen molar-refractivity contribution in [1.82, 2.24) is 5.32 Å². The van der Waals surface area contributed by atoms with Crippen LogP contribution in [0.1, 0.15) is 47.2 Å².